The van der Waals surface area contributed by atoms with Crippen molar-refractivity contribution in [2.45, 2.75) is 0 Å². The lowest BCUT2D eigenvalue weighted by molar-refractivity contribution is 0.404. The number of aromatic hydroxyl groups is 4. The van der Waals surface area contributed by atoms with Gasteiger partial charge in [0.1, 0.15) is 11.2 Å². The molecule has 0 aliphatic carbocycles. The van der Waals surface area contributed by atoms with Crippen LogP contribution in [0.3, 0.4) is 0 Å². The smallest absolute Gasteiger partial charge is 0.200 e. The lowest BCUT2D eigenvalue weighted by Gasteiger charge is -2.06. The Morgan fingerprint density at radius 2 is 1.09 bits per heavy atom. The Bertz CT molecular complexity index is 1170. The summed E-state index contributed by atoms with van der Waals surface area (Å²) in [5.74, 6) is -1.36. The Morgan fingerprint density at radius 1 is 0.609 bits per heavy atom. The van der Waals surface area contributed by atoms with Crippen LogP contribution in [-0.4, -0.2) is 20.4 Å². The highest BCUT2D eigenvalue weighted by atomic mass is 16.3. The van der Waals surface area contributed by atoms with Gasteiger partial charge in [-0.2, -0.15) is 0 Å². The van der Waals surface area contributed by atoms with Crippen molar-refractivity contribution in [2.75, 3.05) is 0 Å². The van der Waals surface area contributed by atoms with E-state index in [1.807, 2.05) is 0 Å². The maximum Gasteiger partial charge on any atom is 0.200 e. The van der Waals surface area contributed by atoms with Crippen LogP contribution in [0.4, 0.5) is 0 Å². The van der Waals surface area contributed by atoms with Crippen LogP contribution >= 0.6 is 0 Å². The fourth-order valence-electron chi connectivity index (χ4n) is 2.65. The third kappa shape index (κ3) is 1.85. The Hall–Kier alpha value is -3.41. The third-order valence-corrected chi connectivity index (χ3v) is 3.82. The summed E-state index contributed by atoms with van der Waals surface area (Å²) < 4.78 is 5.63. The molecule has 0 aliphatic rings. The van der Waals surface area contributed by atoms with Gasteiger partial charge in [-0.3, -0.25) is 4.79 Å². The molecule has 114 valence electrons. The van der Waals surface area contributed by atoms with E-state index in [2.05, 4.69) is 0 Å². The normalized spacial score (nSPS) is 11.5. The lowest BCUT2D eigenvalue weighted by atomic mass is 10.0. The van der Waals surface area contributed by atoms with Crippen LogP contribution in [0.5, 0.6) is 23.0 Å². The first-order chi connectivity index (χ1) is 10.9. The summed E-state index contributed by atoms with van der Waals surface area (Å²) in [6.45, 7) is 0. The molecule has 0 amide bonds. The highest BCUT2D eigenvalue weighted by Crippen LogP contribution is 2.34. The molecule has 6 nitrogen and oxygen atoms in total. The van der Waals surface area contributed by atoms with Crippen LogP contribution in [0.15, 0.2) is 45.6 Å². The first-order valence-electron chi connectivity index (χ1n) is 6.72. The van der Waals surface area contributed by atoms with Gasteiger partial charge in [0.05, 0.1) is 10.8 Å². The average Bonchev–Trinajstić information content (AvgIpc) is 2.50. The topological polar surface area (TPSA) is 111 Å². The quantitative estimate of drug-likeness (QED) is 0.293. The monoisotopic (exact) mass is 310 g/mol. The highest BCUT2D eigenvalue weighted by molar-refractivity contribution is 6.00. The van der Waals surface area contributed by atoms with Gasteiger partial charge in [0.2, 0.25) is 5.43 Å². The molecule has 0 saturated carbocycles. The van der Waals surface area contributed by atoms with Crippen molar-refractivity contribution in [3.05, 3.63) is 46.6 Å². The Kier molecular flexibility index (Phi) is 2.48. The SMILES string of the molecule is O=c1c2cc(O)c(O)cc2oc2cc3cc(O)c(O)cc3cc12. The molecular weight excluding hydrogens is 300 g/mol. The predicted molar refractivity (Wildman–Crippen MR) is 84.2 cm³/mol. The first kappa shape index (κ1) is 13.3. The van der Waals surface area contributed by atoms with Gasteiger partial charge in [0.15, 0.2) is 23.0 Å². The van der Waals surface area contributed by atoms with Crippen molar-refractivity contribution < 1.29 is 24.8 Å². The van der Waals surface area contributed by atoms with Crippen LogP contribution in [0.1, 0.15) is 0 Å². The summed E-state index contributed by atoms with van der Waals surface area (Å²) in [4.78, 5) is 12.6. The minimum absolute atomic E-state index is 0.134. The largest absolute Gasteiger partial charge is 0.504 e. The van der Waals surface area contributed by atoms with Crippen LogP contribution in [0, 0.1) is 0 Å². The van der Waals surface area contributed by atoms with E-state index in [0.29, 0.717) is 10.8 Å². The molecule has 0 aliphatic heterocycles. The van der Waals surface area contributed by atoms with Gasteiger partial charge in [0, 0.05) is 6.07 Å². The van der Waals surface area contributed by atoms with Gasteiger partial charge in [-0.25, -0.2) is 0 Å². The van der Waals surface area contributed by atoms with Crippen molar-refractivity contribution in [1.29, 1.82) is 0 Å². The molecule has 0 saturated heterocycles. The molecule has 0 spiro atoms. The maximum atomic E-state index is 12.6. The fraction of sp³-hybridized carbons (Fsp3) is 0. The van der Waals surface area contributed by atoms with E-state index in [4.69, 9.17) is 4.42 Å². The third-order valence-electron chi connectivity index (χ3n) is 3.82. The summed E-state index contributed by atoms with van der Waals surface area (Å²) in [6, 6.07) is 8.14. The second-order valence-corrected chi connectivity index (χ2v) is 5.30. The molecule has 23 heavy (non-hydrogen) atoms. The van der Waals surface area contributed by atoms with Crippen LogP contribution in [-0.2, 0) is 0 Å². The van der Waals surface area contributed by atoms with Gasteiger partial charge in [-0.05, 0) is 41.1 Å². The zero-order valence-electron chi connectivity index (χ0n) is 11.6. The number of benzene rings is 3. The van der Waals surface area contributed by atoms with Crippen molar-refractivity contribution in [1.82, 2.24) is 0 Å². The Labute approximate surface area is 128 Å². The Morgan fingerprint density at radius 3 is 1.78 bits per heavy atom. The zero-order valence-corrected chi connectivity index (χ0v) is 11.6. The number of phenolic OH excluding ortho intramolecular Hbond substituents is 4. The molecule has 0 atom stereocenters. The molecule has 4 N–H and O–H groups in total. The first-order valence-corrected chi connectivity index (χ1v) is 6.72. The van der Waals surface area contributed by atoms with E-state index in [0.717, 1.165) is 6.07 Å². The molecule has 1 heterocycles. The molecule has 0 unspecified atom stereocenters. The van der Waals surface area contributed by atoms with Crippen molar-refractivity contribution in [3.63, 3.8) is 0 Å². The van der Waals surface area contributed by atoms with E-state index in [-0.39, 0.29) is 44.6 Å². The van der Waals surface area contributed by atoms with E-state index >= 15 is 0 Å². The van der Waals surface area contributed by atoms with E-state index < -0.39 is 5.75 Å². The summed E-state index contributed by atoms with van der Waals surface area (Å²) in [6.07, 6.45) is 0. The molecule has 3 aromatic carbocycles. The van der Waals surface area contributed by atoms with Crippen molar-refractivity contribution in [3.8, 4) is 23.0 Å². The van der Waals surface area contributed by atoms with Crippen molar-refractivity contribution >= 4 is 32.7 Å². The number of phenols is 4. The minimum Gasteiger partial charge on any atom is -0.504 e. The van der Waals surface area contributed by atoms with E-state index in [1.165, 1.54) is 18.2 Å². The predicted octanol–water partition coefficient (Wildman–Crippen LogP) is 2.92. The second kappa shape index (κ2) is 4.30. The highest BCUT2D eigenvalue weighted by Gasteiger charge is 2.13. The molecule has 4 rings (SSSR count). The number of fused-ring (bicyclic) bond motifs is 3. The lowest BCUT2D eigenvalue weighted by Crippen LogP contribution is -2.02. The number of rotatable bonds is 0. The van der Waals surface area contributed by atoms with Gasteiger partial charge in [-0.1, -0.05) is 0 Å². The molecule has 0 bridgehead atoms. The molecule has 1 aromatic heterocycles. The van der Waals surface area contributed by atoms with Crippen LogP contribution in [0.25, 0.3) is 32.7 Å². The number of hydrogen-bond acceptors (Lipinski definition) is 6. The maximum absolute atomic E-state index is 12.6. The second-order valence-electron chi connectivity index (χ2n) is 5.30. The van der Waals surface area contributed by atoms with Crippen LogP contribution in [0.2, 0.25) is 0 Å². The fourth-order valence-corrected chi connectivity index (χ4v) is 2.65. The summed E-state index contributed by atoms with van der Waals surface area (Å²) >= 11 is 0. The Balaban J connectivity index is 2.20. The van der Waals surface area contributed by atoms with E-state index in [1.54, 1.807) is 12.1 Å². The standard InChI is InChI=1S/C17H10O6/c18-11-2-7-1-9-15(4-8(7)3-12(11)19)23-16-6-14(21)13(20)5-10(16)17(9)22/h1-6,18-21H. The van der Waals surface area contributed by atoms with E-state index in [9.17, 15) is 25.2 Å². The van der Waals surface area contributed by atoms with Gasteiger partial charge in [0.25, 0.3) is 0 Å². The number of hydrogen-bond donors (Lipinski definition) is 4. The summed E-state index contributed by atoms with van der Waals surface area (Å²) in [7, 11) is 0. The molecule has 6 heteroatoms. The summed E-state index contributed by atoms with van der Waals surface area (Å²) in [5.41, 5.74) is 0.0383. The minimum atomic E-state index is -0.410. The van der Waals surface area contributed by atoms with Crippen molar-refractivity contribution in [2.24, 2.45) is 0 Å². The average molecular weight is 310 g/mol. The zero-order chi connectivity index (χ0) is 16.3. The van der Waals surface area contributed by atoms with Crippen LogP contribution < -0.4 is 5.43 Å². The molecule has 4 aromatic rings. The molecular formula is C17H10O6. The summed E-state index contributed by atoms with van der Waals surface area (Å²) in [5, 5.41) is 39.8. The van der Waals surface area contributed by atoms with Gasteiger partial charge < -0.3 is 24.8 Å². The van der Waals surface area contributed by atoms with Gasteiger partial charge >= 0.3 is 0 Å². The molecule has 0 radical (unpaired) electrons. The molecule has 0 fully saturated rings. The van der Waals surface area contributed by atoms with Gasteiger partial charge in [-0.15, -0.1) is 0 Å².